The minimum atomic E-state index is -3.59. The fourth-order valence-corrected chi connectivity index (χ4v) is 2.35. The summed E-state index contributed by atoms with van der Waals surface area (Å²) in [6, 6.07) is 8.13. The molecule has 100 valence electrons. The molecular weight excluding hydrogens is 274 g/mol. The molecule has 19 heavy (non-hydrogen) atoms. The number of carbonyl (C=O) groups is 2. The number of alkyl halides is 3. The number of halogens is 3. The van der Waals surface area contributed by atoms with Crippen LogP contribution in [0.1, 0.15) is 16.8 Å². The summed E-state index contributed by atoms with van der Waals surface area (Å²) in [4.78, 5) is 23.4. The van der Waals surface area contributed by atoms with Gasteiger partial charge in [0.25, 0.3) is 0 Å². The Labute approximate surface area is 114 Å². The summed E-state index contributed by atoms with van der Waals surface area (Å²) in [5.41, 5.74) is 0.331. The third-order valence-corrected chi connectivity index (χ3v) is 3.41. The molecule has 2 rings (SSSR count). The van der Waals surface area contributed by atoms with Crippen LogP contribution in [0.2, 0.25) is 0 Å². The molecule has 1 aliphatic carbocycles. The highest BCUT2D eigenvalue weighted by Gasteiger charge is 2.46. The van der Waals surface area contributed by atoms with Crippen LogP contribution in [0.15, 0.2) is 42.5 Å². The first kappa shape index (κ1) is 13.9. The molecule has 0 unspecified atom stereocenters. The number of carbonyl (C=O) groups excluding carboxylic acids is 2. The Bertz CT molecular complexity index is 520. The molecule has 0 aromatic heterocycles. The summed E-state index contributed by atoms with van der Waals surface area (Å²) in [7, 11) is 0. The molecule has 0 amide bonds. The zero-order valence-corrected chi connectivity index (χ0v) is 10.6. The Morgan fingerprint density at radius 2 is 1.89 bits per heavy atom. The van der Waals surface area contributed by atoms with Gasteiger partial charge in [-0.25, -0.2) is 0 Å². The number of ketones is 2. The predicted octanol–water partition coefficient (Wildman–Crippen LogP) is 3.46. The standard InChI is InChI=1S/C14H11ClF2O2/c15-14(16,17)12-8-10(18)6-7-11(12)13(19)9-4-2-1-3-5-9/h1-7,11-12H,8H2/t11-,12-/m0/s1. The molecule has 0 bridgehead atoms. The normalized spacial score (nSPS) is 23.4. The van der Waals surface area contributed by atoms with Crippen molar-refractivity contribution >= 4 is 23.2 Å². The van der Waals surface area contributed by atoms with E-state index < -0.39 is 35.2 Å². The molecule has 0 heterocycles. The van der Waals surface area contributed by atoms with E-state index in [-0.39, 0.29) is 0 Å². The third-order valence-electron chi connectivity index (χ3n) is 3.13. The van der Waals surface area contributed by atoms with Crippen LogP contribution in [-0.2, 0) is 4.79 Å². The second-order valence-corrected chi connectivity index (χ2v) is 4.94. The van der Waals surface area contributed by atoms with Crippen LogP contribution in [0, 0.1) is 11.8 Å². The Hall–Kier alpha value is -1.55. The molecule has 1 aliphatic rings. The van der Waals surface area contributed by atoms with Crippen molar-refractivity contribution in [3.63, 3.8) is 0 Å². The van der Waals surface area contributed by atoms with Gasteiger partial charge in [-0.15, -0.1) is 0 Å². The van der Waals surface area contributed by atoms with Crippen LogP contribution in [0.5, 0.6) is 0 Å². The molecule has 0 N–H and O–H groups in total. The number of rotatable bonds is 3. The lowest BCUT2D eigenvalue weighted by Crippen LogP contribution is -2.37. The van der Waals surface area contributed by atoms with Gasteiger partial charge in [0.2, 0.25) is 0 Å². The van der Waals surface area contributed by atoms with Crippen molar-refractivity contribution in [2.45, 2.75) is 11.8 Å². The first-order valence-electron chi connectivity index (χ1n) is 5.76. The molecule has 1 aromatic carbocycles. The first-order valence-corrected chi connectivity index (χ1v) is 6.14. The number of allylic oxidation sites excluding steroid dienone is 2. The van der Waals surface area contributed by atoms with E-state index in [4.69, 9.17) is 11.6 Å². The molecule has 0 radical (unpaired) electrons. The maximum atomic E-state index is 13.3. The van der Waals surface area contributed by atoms with Crippen molar-refractivity contribution in [2.75, 3.05) is 0 Å². The topological polar surface area (TPSA) is 34.1 Å². The summed E-state index contributed by atoms with van der Waals surface area (Å²) in [6.07, 6.45) is 1.98. The van der Waals surface area contributed by atoms with Crippen molar-refractivity contribution in [3.05, 3.63) is 48.0 Å². The predicted molar refractivity (Wildman–Crippen MR) is 67.3 cm³/mol. The highest BCUT2D eigenvalue weighted by Crippen LogP contribution is 2.40. The quantitative estimate of drug-likeness (QED) is 0.629. The number of benzene rings is 1. The maximum absolute atomic E-state index is 13.3. The summed E-state index contributed by atoms with van der Waals surface area (Å²) in [5.74, 6) is -3.47. The van der Waals surface area contributed by atoms with Gasteiger partial charge in [-0.3, -0.25) is 9.59 Å². The van der Waals surface area contributed by atoms with Crippen molar-refractivity contribution < 1.29 is 18.4 Å². The van der Waals surface area contributed by atoms with Crippen LogP contribution >= 0.6 is 11.6 Å². The van der Waals surface area contributed by atoms with E-state index in [1.807, 2.05) is 0 Å². The molecular formula is C14H11ClF2O2. The summed E-state index contributed by atoms with van der Waals surface area (Å²) in [6.45, 7) is 0. The molecule has 0 fully saturated rings. The number of hydrogen-bond donors (Lipinski definition) is 0. The molecule has 0 saturated heterocycles. The summed E-state index contributed by atoms with van der Waals surface area (Å²) in [5, 5.41) is -3.59. The molecule has 2 nitrogen and oxygen atoms in total. The second kappa shape index (κ2) is 5.21. The van der Waals surface area contributed by atoms with Gasteiger partial charge in [-0.05, 0) is 17.7 Å². The van der Waals surface area contributed by atoms with Crippen LogP contribution < -0.4 is 0 Å². The van der Waals surface area contributed by atoms with E-state index in [9.17, 15) is 18.4 Å². The van der Waals surface area contributed by atoms with Gasteiger partial charge >= 0.3 is 5.38 Å². The van der Waals surface area contributed by atoms with Gasteiger partial charge in [-0.2, -0.15) is 8.78 Å². The number of Topliss-reactive ketones (excluding diaryl/α,β-unsaturated/α-hetero) is 1. The smallest absolute Gasteiger partial charge is 0.295 e. The molecule has 2 atom stereocenters. The van der Waals surface area contributed by atoms with Gasteiger partial charge in [-0.1, -0.05) is 36.4 Å². The Balaban J connectivity index is 2.33. The lowest BCUT2D eigenvalue weighted by Gasteiger charge is -2.29. The van der Waals surface area contributed by atoms with Crippen LogP contribution in [0.25, 0.3) is 0 Å². The monoisotopic (exact) mass is 284 g/mol. The zero-order valence-electron chi connectivity index (χ0n) is 9.85. The fourth-order valence-electron chi connectivity index (χ4n) is 2.14. The van der Waals surface area contributed by atoms with Crippen molar-refractivity contribution in [1.82, 2.24) is 0 Å². The van der Waals surface area contributed by atoms with E-state index in [2.05, 4.69) is 0 Å². The molecule has 0 spiro atoms. The highest BCUT2D eigenvalue weighted by molar-refractivity contribution is 6.22. The minimum absolute atomic E-state index is 0.331. The SMILES string of the molecule is O=C1C=C[C@H](C(=O)c2ccccc2)[C@@H](C(F)(F)Cl)C1. The van der Waals surface area contributed by atoms with Gasteiger partial charge in [0.15, 0.2) is 11.6 Å². The molecule has 5 heteroatoms. The van der Waals surface area contributed by atoms with Gasteiger partial charge in [0.1, 0.15) is 0 Å². The maximum Gasteiger partial charge on any atom is 0.325 e. The zero-order chi connectivity index (χ0) is 14.0. The number of hydrogen-bond acceptors (Lipinski definition) is 2. The van der Waals surface area contributed by atoms with Crippen molar-refractivity contribution in [1.29, 1.82) is 0 Å². The first-order chi connectivity index (χ1) is 8.89. The van der Waals surface area contributed by atoms with E-state index in [1.165, 1.54) is 12.2 Å². The fraction of sp³-hybridized carbons (Fsp3) is 0.286. The molecule has 1 aromatic rings. The third kappa shape index (κ3) is 3.07. The van der Waals surface area contributed by atoms with Crippen LogP contribution in [-0.4, -0.2) is 16.9 Å². The van der Waals surface area contributed by atoms with Crippen molar-refractivity contribution in [3.8, 4) is 0 Å². The van der Waals surface area contributed by atoms with Crippen LogP contribution in [0.3, 0.4) is 0 Å². The summed E-state index contributed by atoms with van der Waals surface area (Å²) < 4.78 is 26.7. The Kier molecular flexibility index (Phi) is 3.80. The lowest BCUT2D eigenvalue weighted by atomic mass is 9.79. The average Bonchev–Trinajstić information content (AvgIpc) is 2.38. The van der Waals surface area contributed by atoms with Crippen molar-refractivity contribution in [2.24, 2.45) is 11.8 Å². The van der Waals surface area contributed by atoms with Gasteiger partial charge in [0, 0.05) is 12.0 Å². The Morgan fingerprint density at radius 1 is 1.26 bits per heavy atom. The Morgan fingerprint density at radius 3 is 2.47 bits per heavy atom. The highest BCUT2D eigenvalue weighted by atomic mass is 35.5. The van der Waals surface area contributed by atoms with Crippen LogP contribution in [0.4, 0.5) is 8.78 Å². The minimum Gasteiger partial charge on any atom is -0.295 e. The van der Waals surface area contributed by atoms with Gasteiger partial charge in [0.05, 0.1) is 11.8 Å². The lowest BCUT2D eigenvalue weighted by molar-refractivity contribution is -0.118. The second-order valence-electron chi connectivity index (χ2n) is 4.43. The van der Waals surface area contributed by atoms with E-state index in [0.717, 1.165) is 0 Å². The average molecular weight is 285 g/mol. The van der Waals surface area contributed by atoms with Gasteiger partial charge < -0.3 is 0 Å². The van der Waals surface area contributed by atoms with E-state index >= 15 is 0 Å². The van der Waals surface area contributed by atoms with E-state index in [0.29, 0.717) is 5.56 Å². The molecule has 0 saturated carbocycles. The largest absolute Gasteiger partial charge is 0.325 e. The summed E-state index contributed by atoms with van der Waals surface area (Å²) >= 11 is 5.03. The van der Waals surface area contributed by atoms with E-state index in [1.54, 1.807) is 30.3 Å². The molecule has 0 aliphatic heterocycles.